The lowest BCUT2D eigenvalue weighted by Crippen LogP contribution is -1.82. The first-order valence-corrected chi connectivity index (χ1v) is 6.12. The average Bonchev–Trinajstić information content (AvgIpc) is 3.02. The van der Waals surface area contributed by atoms with Gasteiger partial charge in [0, 0.05) is 28.4 Å². The zero-order valence-electron chi connectivity index (χ0n) is 10.1. The van der Waals surface area contributed by atoms with Crippen LogP contribution in [0.1, 0.15) is 0 Å². The number of fused-ring (bicyclic) bond motifs is 2. The van der Waals surface area contributed by atoms with E-state index in [1.165, 1.54) is 5.39 Å². The number of nitrogens with two attached hydrogens (primary N) is 1. The molecule has 0 amide bonds. The minimum absolute atomic E-state index is 0.728. The molecule has 0 aliphatic rings. The van der Waals surface area contributed by atoms with Gasteiger partial charge in [-0.3, -0.25) is 0 Å². The summed E-state index contributed by atoms with van der Waals surface area (Å²) >= 11 is 0. The van der Waals surface area contributed by atoms with Crippen molar-refractivity contribution < 1.29 is 0 Å². The second-order valence-electron chi connectivity index (χ2n) is 4.64. The van der Waals surface area contributed by atoms with Crippen LogP contribution in [0.4, 0.5) is 5.69 Å². The highest BCUT2D eigenvalue weighted by Gasteiger charge is 2.06. The first-order valence-electron chi connectivity index (χ1n) is 6.12. The van der Waals surface area contributed by atoms with Gasteiger partial charge in [0.1, 0.15) is 5.82 Å². The van der Waals surface area contributed by atoms with E-state index in [1.54, 1.807) is 0 Å². The summed E-state index contributed by atoms with van der Waals surface area (Å²) < 4.78 is 0. The lowest BCUT2D eigenvalue weighted by atomic mass is 10.1. The van der Waals surface area contributed by atoms with Gasteiger partial charge in [-0.25, -0.2) is 4.98 Å². The van der Waals surface area contributed by atoms with Crippen LogP contribution >= 0.6 is 0 Å². The first kappa shape index (κ1) is 10.2. The predicted molar refractivity (Wildman–Crippen MR) is 77.8 cm³/mol. The van der Waals surface area contributed by atoms with Crippen LogP contribution in [0.5, 0.6) is 0 Å². The molecule has 0 aliphatic carbocycles. The summed E-state index contributed by atoms with van der Waals surface area (Å²) in [7, 11) is 0. The fourth-order valence-corrected chi connectivity index (χ4v) is 2.36. The third-order valence-corrected chi connectivity index (χ3v) is 3.33. The standard InChI is InChI=1S/C15H12N4/c16-11-2-4-13-14(8-11)19-15(18-13)10-1-3-12-9(7-10)5-6-17-12/h1-8,17H,16H2,(H,18,19). The van der Waals surface area contributed by atoms with Crippen molar-refractivity contribution in [1.82, 2.24) is 15.0 Å². The zero-order valence-corrected chi connectivity index (χ0v) is 10.1. The molecule has 4 aromatic rings. The third-order valence-electron chi connectivity index (χ3n) is 3.33. The van der Waals surface area contributed by atoms with E-state index < -0.39 is 0 Å². The fraction of sp³-hybridized carbons (Fsp3) is 0. The minimum Gasteiger partial charge on any atom is -0.399 e. The van der Waals surface area contributed by atoms with E-state index in [4.69, 9.17) is 5.73 Å². The number of benzene rings is 2. The number of nitrogens with zero attached hydrogens (tertiary/aromatic N) is 1. The third kappa shape index (κ3) is 1.57. The molecule has 0 unspecified atom stereocenters. The molecule has 0 aliphatic heterocycles. The fourth-order valence-electron chi connectivity index (χ4n) is 2.36. The number of H-pyrrole nitrogens is 2. The van der Waals surface area contributed by atoms with Crippen LogP contribution < -0.4 is 5.73 Å². The van der Waals surface area contributed by atoms with Crippen LogP contribution in [0.3, 0.4) is 0 Å². The summed E-state index contributed by atoms with van der Waals surface area (Å²) in [6.07, 6.45) is 1.94. The van der Waals surface area contributed by atoms with E-state index in [2.05, 4.69) is 39.2 Å². The van der Waals surface area contributed by atoms with Gasteiger partial charge in [-0.15, -0.1) is 0 Å². The molecule has 4 nitrogen and oxygen atoms in total. The zero-order chi connectivity index (χ0) is 12.8. The normalized spacial score (nSPS) is 11.4. The van der Waals surface area contributed by atoms with Crippen LogP contribution in [0, 0.1) is 0 Å². The molecule has 92 valence electrons. The van der Waals surface area contributed by atoms with E-state index in [-0.39, 0.29) is 0 Å². The Morgan fingerprint density at radius 3 is 2.79 bits per heavy atom. The van der Waals surface area contributed by atoms with Crippen LogP contribution in [0.25, 0.3) is 33.3 Å². The van der Waals surface area contributed by atoms with Gasteiger partial charge in [0.05, 0.1) is 11.0 Å². The number of nitrogen functional groups attached to an aromatic ring is 1. The van der Waals surface area contributed by atoms with Gasteiger partial charge in [0.2, 0.25) is 0 Å². The molecule has 0 radical (unpaired) electrons. The topological polar surface area (TPSA) is 70.5 Å². The molecular formula is C15H12N4. The molecule has 0 spiro atoms. The van der Waals surface area contributed by atoms with Crippen molar-refractivity contribution in [2.45, 2.75) is 0 Å². The molecule has 4 rings (SSSR count). The number of hydrogen-bond donors (Lipinski definition) is 3. The first-order chi connectivity index (χ1) is 9.29. The van der Waals surface area contributed by atoms with E-state index >= 15 is 0 Å². The van der Waals surface area contributed by atoms with Gasteiger partial charge in [-0.05, 0) is 42.5 Å². The molecule has 0 atom stereocenters. The number of hydrogen-bond acceptors (Lipinski definition) is 2. The molecule has 0 bridgehead atoms. The SMILES string of the molecule is Nc1ccc2[nH]c(-c3ccc4[nH]ccc4c3)nc2c1. The molecule has 19 heavy (non-hydrogen) atoms. The molecule has 0 saturated carbocycles. The second-order valence-corrected chi connectivity index (χ2v) is 4.64. The Morgan fingerprint density at radius 1 is 0.947 bits per heavy atom. The predicted octanol–water partition coefficient (Wildman–Crippen LogP) is 3.29. The molecule has 4 heteroatoms. The number of aromatic amines is 2. The maximum atomic E-state index is 5.77. The molecule has 4 N–H and O–H groups in total. The maximum Gasteiger partial charge on any atom is 0.138 e. The van der Waals surface area contributed by atoms with E-state index in [0.29, 0.717) is 0 Å². The van der Waals surface area contributed by atoms with Gasteiger partial charge >= 0.3 is 0 Å². The Balaban J connectivity index is 1.92. The van der Waals surface area contributed by atoms with Gasteiger partial charge in [0.25, 0.3) is 0 Å². The number of nitrogens with one attached hydrogen (secondary N) is 2. The molecule has 0 saturated heterocycles. The maximum absolute atomic E-state index is 5.77. The molecular weight excluding hydrogens is 236 g/mol. The number of aromatic nitrogens is 3. The highest BCUT2D eigenvalue weighted by atomic mass is 14.9. The smallest absolute Gasteiger partial charge is 0.138 e. The van der Waals surface area contributed by atoms with Crippen LogP contribution in [-0.4, -0.2) is 15.0 Å². The van der Waals surface area contributed by atoms with Gasteiger partial charge < -0.3 is 15.7 Å². The number of rotatable bonds is 1. The lowest BCUT2D eigenvalue weighted by Gasteiger charge is -1.96. The van der Waals surface area contributed by atoms with Crippen LogP contribution in [0.15, 0.2) is 48.7 Å². The van der Waals surface area contributed by atoms with E-state index in [0.717, 1.165) is 33.6 Å². The number of imidazole rings is 1. The van der Waals surface area contributed by atoms with Crippen molar-refractivity contribution in [3.8, 4) is 11.4 Å². The summed E-state index contributed by atoms with van der Waals surface area (Å²) in [5, 5.41) is 1.18. The highest BCUT2D eigenvalue weighted by Crippen LogP contribution is 2.24. The van der Waals surface area contributed by atoms with Gasteiger partial charge in [-0.2, -0.15) is 0 Å². The van der Waals surface area contributed by atoms with Gasteiger partial charge in [0.15, 0.2) is 0 Å². The largest absolute Gasteiger partial charge is 0.399 e. The van der Waals surface area contributed by atoms with Crippen molar-refractivity contribution in [2.24, 2.45) is 0 Å². The Bertz CT molecular complexity index is 885. The molecule has 2 heterocycles. The Labute approximate surface area is 109 Å². The summed E-state index contributed by atoms with van der Waals surface area (Å²) in [6, 6.07) is 14.0. The van der Waals surface area contributed by atoms with Crippen molar-refractivity contribution in [1.29, 1.82) is 0 Å². The lowest BCUT2D eigenvalue weighted by molar-refractivity contribution is 1.34. The molecule has 2 aromatic carbocycles. The van der Waals surface area contributed by atoms with Crippen molar-refractivity contribution in [3.05, 3.63) is 48.7 Å². The summed E-state index contributed by atoms with van der Waals surface area (Å²) in [5.74, 6) is 0.865. The minimum atomic E-state index is 0.728. The second kappa shape index (κ2) is 3.62. The summed E-state index contributed by atoms with van der Waals surface area (Å²) in [5.41, 5.74) is 10.6. The molecule has 2 aromatic heterocycles. The summed E-state index contributed by atoms with van der Waals surface area (Å²) in [4.78, 5) is 11.1. The Kier molecular flexibility index (Phi) is 1.94. The van der Waals surface area contributed by atoms with Crippen LogP contribution in [0.2, 0.25) is 0 Å². The average molecular weight is 248 g/mol. The highest BCUT2D eigenvalue weighted by molar-refractivity contribution is 5.86. The van der Waals surface area contributed by atoms with Gasteiger partial charge in [-0.1, -0.05) is 0 Å². The number of anilines is 1. The van der Waals surface area contributed by atoms with Crippen molar-refractivity contribution >= 4 is 27.6 Å². The van der Waals surface area contributed by atoms with E-state index in [1.807, 2.05) is 24.4 Å². The Hall–Kier alpha value is -2.75. The monoisotopic (exact) mass is 248 g/mol. The summed E-state index contributed by atoms with van der Waals surface area (Å²) in [6.45, 7) is 0. The van der Waals surface area contributed by atoms with Crippen LogP contribution in [-0.2, 0) is 0 Å². The van der Waals surface area contributed by atoms with Crippen molar-refractivity contribution in [2.75, 3.05) is 5.73 Å². The van der Waals surface area contributed by atoms with Crippen molar-refractivity contribution in [3.63, 3.8) is 0 Å². The Morgan fingerprint density at radius 2 is 1.84 bits per heavy atom. The quantitative estimate of drug-likeness (QED) is 0.452. The molecule has 0 fully saturated rings. The van der Waals surface area contributed by atoms with E-state index in [9.17, 15) is 0 Å².